The normalized spacial score (nSPS) is 15.7. The molecule has 1 unspecified atom stereocenters. The van der Waals surface area contributed by atoms with Gasteiger partial charge in [-0.05, 0) is 30.3 Å². The van der Waals surface area contributed by atoms with E-state index in [-0.39, 0.29) is 11.5 Å². The molecule has 0 bridgehead atoms. The number of carbonyl (C=O) groups excluding carboxylic acids is 1. The number of phenols is 2. The van der Waals surface area contributed by atoms with Crippen LogP contribution < -0.4 is 10.2 Å². The Morgan fingerprint density at radius 1 is 0.933 bits per heavy atom. The molecule has 1 spiro atoms. The first-order valence-corrected chi connectivity index (χ1v) is 10.9. The zero-order valence-corrected chi connectivity index (χ0v) is 18.7. The van der Waals surface area contributed by atoms with E-state index in [0.717, 1.165) is 0 Å². The fourth-order valence-electron chi connectivity index (χ4n) is 3.65. The zero-order valence-electron chi connectivity index (χ0n) is 15.8. The fourth-order valence-corrected chi connectivity index (χ4v) is 3.65. The van der Waals surface area contributed by atoms with Crippen molar-refractivity contribution in [2.24, 2.45) is 5.50 Å². The van der Waals surface area contributed by atoms with Crippen LogP contribution in [-0.2, 0) is 14.6 Å². The lowest BCUT2D eigenvalue weighted by Crippen LogP contribution is -2.32. The van der Waals surface area contributed by atoms with Crippen molar-refractivity contribution < 1.29 is 33.6 Å². The van der Waals surface area contributed by atoms with Crippen LogP contribution in [0.1, 0.15) is 27.0 Å². The molecule has 2 aliphatic rings. The minimum atomic E-state index is -1.54. The summed E-state index contributed by atoms with van der Waals surface area (Å²) in [6, 6.07) is 16.6. The first kappa shape index (κ1) is 20.3. The molecule has 0 saturated heterocycles. The van der Waals surface area contributed by atoms with Crippen molar-refractivity contribution in [3.63, 3.8) is 0 Å². The predicted octanol–water partition coefficient (Wildman–Crippen LogP) is 2.13. The number of ether oxygens (including phenoxy) is 2. The average Bonchev–Trinajstić information content (AvgIpc) is 3.01. The van der Waals surface area contributed by atoms with Gasteiger partial charge in [-0.25, -0.2) is 4.79 Å². The fraction of sp³-hybridized carbons (Fsp3) is 0.0500. The summed E-state index contributed by atoms with van der Waals surface area (Å²) in [7, 11) is -1.01. The summed E-state index contributed by atoms with van der Waals surface area (Å²) in [4.78, 5) is 20.5. The second-order valence-electron chi connectivity index (χ2n) is 6.56. The Labute approximate surface area is 176 Å². The molecule has 0 saturated carbocycles. The average molecular weight is 443 g/mol. The van der Waals surface area contributed by atoms with Crippen LogP contribution in [0, 0.1) is 0 Å². The van der Waals surface area contributed by atoms with Gasteiger partial charge in [0, 0.05) is 28.8 Å². The summed E-state index contributed by atoms with van der Waals surface area (Å²) in [5.41, 5.74) is 6.01. The van der Waals surface area contributed by atoms with Crippen molar-refractivity contribution >= 4 is 25.0 Å². The van der Waals surface area contributed by atoms with Crippen LogP contribution in [0.3, 0.4) is 0 Å². The van der Waals surface area contributed by atoms with Crippen molar-refractivity contribution in [3.05, 3.63) is 82.9 Å². The predicted molar refractivity (Wildman–Crippen MR) is 112 cm³/mol. The van der Waals surface area contributed by atoms with E-state index in [9.17, 15) is 15.0 Å². The van der Waals surface area contributed by atoms with Crippen molar-refractivity contribution in [2.75, 3.05) is 0 Å². The number of benzene rings is 3. The van der Waals surface area contributed by atoms with E-state index >= 15 is 0 Å². The Morgan fingerprint density at radius 3 is 2.00 bits per heavy atom. The number of hydrogen-bond donors (Lipinski definition) is 4. The van der Waals surface area contributed by atoms with Gasteiger partial charge in [0.25, 0.3) is 0 Å². The Bertz CT molecular complexity index is 1090. The molecule has 1 atom stereocenters. The molecule has 3 aromatic carbocycles. The highest BCUT2D eigenvalue weighted by molar-refractivity contribution is 7.44. The molecule has 5 rings (SSSR count). The van der Waals surface area contributed by atoms with Crippen LogP contribution in [0.4, 0.5) is 0 Å². The molecule has 0 aromatic heterocycles. The molecule has 30 heavy (non-hydrogen) atoms. The van der Waals surface area contributed by atoms with Crippen LogP contribution in [0.2, 0.25) is 0 Å². The van der Waals surface area contributed by atoms with E-state index in [4.69, 9.17) is 19.9 Å². The Kier molecular flexibility index (Phi) is 5.23. The number of aromatic hydroxyl groups is 2. The van der Waals surface area contributed by atoms with Crippen LogP contribution in [0.25, 0.3) is 0 Å². The van der Waals surface area contributed by atoms with Crippen LogP contribution in [-0.4, -0.2) is 31.6 Å². The minimum absolute atomic E-state index is 0.0371. The molecular formula is C20H18NO7PSi. The van der Waals surface area contributed by atoms with E-state index in [1.807, 2.05) is 12.1 Å². The summed E-state index contributed by atoms with van der Waals surface area (Å²) < 4.78 is 16.1. The number of esters is 1. The Hall–Kier alpha value is -2.94. The molecule has 2 heterocycles. The van der Waals surface area contributed by atoms with E-state index in [1.165, 1.54) is 24.3 Å². The smallest absolute Gasteiger partial charge is 0.340 e. The second-order valence-corrected chi connectivity index (χ2v) is 8.63. The maximum Gasteiger partial charge on any atom is 0.340 e. The molecule has 0 aliphatic carbocycles. The molecule has 0 radical (unpaired) electrons. The maximum absolute atomic E-state index is 12.5. The van der Waals surface area contributed by atoms with Gasteiger partial charge in [-0.3, -0.25) is 5.50 Å². The molecule has 2 aliphatic heterocycles. The summed E-state index contributed by atoms with van der Waals surface area (Å²) in [5.74, 6) is 0.408. The third-order valence-corrected chi connectivity index (χ3v) is 6.36. The lowest BCUT2D eigenvalue weighted by atomic mass is 9.77. The van der Waals surface area contributed by atoms with E-state index in [1.54, 1.807) is 24.3 Å². The third-order valence-electron chi connectivity index (χ3n) is 4.87. The largest absolute Gasteiger partial charge is 0.508 e. The van der Waals surface area contributed by atoms with Gasteiger partial charge in [-0.1, -0.05) is 18.2 Å². The monoisotopic (exact) mass is 443 g/mol. The quantitative estimate of drug-likeness (QED) is 0.256. The highest BCUT2D eigenvalue weighted by atomic mass is 31.2. The van der Waals surface area contributed by atoms with Crippen molar-refractivity contribution in [3.8, 4) is 23.0 Å². The first-order chi connectivity index (χ1) is 14.4. The molecule has 5 N–H and O–H groups in total. The Balaban J connectivity index is 0.000000393. The topological polar surface area (TPSA) is 131 Å². The third kappa shape index (κ3) is 3.22. The number of phenolic OH excluding ortho intramolecular Hbond substituents is 2. The molecule has 10 heteroatoms. The van der Waals surface area contributed by atoms with Crippen LogP contribution in [0.15, 0.2) is 60.7 Å². The molecule has 0 fully saturated rings. The van der Waals surface area contributed by atoms with Gasteiger partial charge in [0.2, 0.25) is 8.53 Å². The number of hydrogen-bond acceptors (Lipinski definition) is 8. The van der Waals surface area contributed by atoms with Crippen LogP contribution in [0.5, 0.6) is 23.0 Å². The van der Waals surface area contributed by atoms with Crippen LogP contribution >= 0.6 is 8.53 Å². The van der Waals surface area contributed by atoms with Gasteiger partial charge >= 0.3 is 5.97 Å². The SMILES string of the molecule is NP(O)O[SiH3].O=C1OC2(c3ccc(O)cc3Oc3cc(O)ccc32)c2ccccc21. The van der Waals surface area contributed by atoms with Gasteiger partial charge in [0.1, 0.15) is 23.0 Å². The van der Waals surface area contributed by atoms with E-state index < -0.39 is 20.1 Å². The molecule has 8 nitrogen and oxygen atoms in total. The number of nitrogens with two attached hydrogens (primary N) is 1. The lowest BCUT2D eigenvalue weighted by molar-refractivity contribution is 0.0224. The van der Waals surface area contributed by atoms with Gasteiger partial charge in [0.15, 0.2) is 16.1 Å². The number of rotatable bonds is 1. The highest BCUT2D eigenvalue weighted by Crippen LogP contribution is 2.56. The second kappa shape index (κ2) is 7.71. The lowest BCUT2D eigenvalue weighted by Gasteiger charge is -2.36. The summed E-state index contributed by atoms with van der Waals surface area (Å²) >= 11 is 0. The number of carbonyl (C=O) groups is 1. The summed E-state index contributed by atoms with van der Waals surface area (Å²) in [6.45, 7) is 0. The summed E-state index contributed by atoms with van der Waals surface area (Å²) in [5, 5.41) is 19.7. The molecule has 154 valence electrons. The van der Waals surface area contributed by atoms with Crippen molar-refractivity contribution in [1.29, 1.82) is 0 Å². The minimum Gasteiger partial charge on any atom is -0.508 e. The zero-order chi connectivity index (χ0) is 21.5. The standard InChI is InChI=1S/C20H12O5.H6NO2PSi/c21-11-5-7-15-17(9-11)24-18-10-12(22)6-8-16(18)20(15)14-4-2-1-3-13(14)19(23)25-20;1-4(2)3-5/h1-10,21-22H;2H,1H2,5H3. The van der Waals surface area contributed by atoms with Crippen molar-refractivity contribution in [2.45, 2.75) is 5.60 Å². The van der Waals surface area contributed by atoms with E-state index in [0.29, 0.717) is 44.2 Å². The molecule has 3 aromatic rings. The van der Waals surface area contributed by atoms with Gasteiger partial charge in [0.05, 0.1) is 5.56 Å². The van der Waals surface area contributed by atoms with Gasteiger partial charge in [-0.2, -0.15) is 0 Å². The van der Waals surface area contributed by atoms with Crippen molar-refractivity contribution in [1.82, 2.24) is 0 Å². The molecular weight excluding hydrogens is 425 g/mol. The van der Waals surface area contributed by atoms with E-state index in [2.05, 4.69) is 4.21 Å². The van der Waals surface area contributed by atoms with Gasteiger partial charge in [-0.15, -0.1) is 0 Å². The summed E-state index contributed by atoms with van der Waals surface area (Å²) in [6.07, 6.45) is 0. The Morgan fingerprint density at radius 2 is 1.47 bits per heavy atom. The maximum atomic E-state index is 12.5. The number of fused-ring (bicyclic) bond motifs is 6. The van der Waals surface area contributed by atoms with Gasteiger partial charge < -0.3 is 28.8 Å². The highest BCUT2D eigenvalue weighted by Gasteiger charge is 2.53. The first-order valence-electron chi connectivity index (χ1n) is 8.82. The molecule has 0 amide bonds.